The SMILES string of the molecule is C/C(=N/NC(=O)c1cccc(O)c1)c1c(Cl)ccc(F)c1Cl. The van der Waals surface area contributed by atoms with Crippen LogP contribution in [0.15, 0.2) is 41.5 Å². The molecule has 4 nitrogen and oxygen atoms in total. The highest BCUT2D eigenvalue weighted by Gasteiger charge is 2.14. The maximum Gasteiger partial charge on any atom is 0.271 e. The van der Waals surface area contributed by atoms with Crippen molar-refractivity contribution in [3.05, 3.63) is 63.4 Å². The number of benzene rings is 2. The first kappa shape index (κ1) is 16.3. The van der Waals surface area contributed by atoms with Crippen molar-refractivity contribution in [2.24, 2.45) is 5.10 Å². The van der Waals surface area contributed by atoms with Crippen molar-refractivity contribution in [2.75, 3.05) is 0 Å². The van der Waals surface area contributed by atoms with Gasteiger partial charge in [-0.05, 0) is 37.3 Å². The van der Waals surface area contributed by atoms with Crippen LogP contribution in [0.5, 0.6) is 5.75 Å². The minimum atomic E-state index is -0.630. The molecule has 0 heterocycles. The first-order valence-corrected chi connectivity index (χ1v) is 6.93. The molecule has 2 rings (SSSR count). The number of aromatic hydroxyl groups is 1. The summed E-state index contributed by atoms with van der Waals surface area (Å²) in [5.74, 6) is -1.20. The van der Waals surface area contributed by atoms with Crippen molar-refractivity contribution in [2.45, 2.75) is 6.92 Å². The first-order chi connectivity index (χ1) is 10.4. The lowest BCUT2D eigenvalue weighted by atomic mass is 10.1. The van der Waals surface area contributed by atoms with Crippen molar-refractivity contribution in [3.63, 3.8) is 0 Å². The van der Waals surface area contributed by atoms with Gasteiger partial charge >= 0.3 is 0 Å². The minimum Gasteiger partial charge on any atom is -0.508 e. The fourth-order valence-corrected chi connectivity index (χ4v) is 2.41. The average Bonchev–Trinajstić information content (AvgIpc) is 2.49. The van der Waals surface area contributed by atoms with Crippen LogP contribution in [0.4, 0.5) is 4.39 Å². The highest BCUT2D eigenvalue weighted by atomic mass is 35.5. The van der Waals surface area contributed by atoms with Gasteiger partial charge in [-0.1, -0.05) is 29.3 Å². The molecular formula is C15H11Cl2FN2O2. The lowest BCUT2D eigenvalue weighted by Gasteiger charge is -2.08. The van der Waals surface area contributed by atoms with Gasteiger partial charge in [0.05, 0.1) is 15.8 Å². The van der Waals surface area contributed by atoms with Crippen LogP contribution in [0.1, 0.15) is 22.8 Å². The Morgan fingerprint density at radius 1 is 1.27 bits per heavy atom. The van der Waals surface area contributed by atoms with Crippen LogP contribution in [-0.2, 0) is 0 Å². The Bertz CT molecular complexity index is 763. The van der Waals surface area contributed by atoms with Crippen molar-refractivity contribution >= 4 is 34.8 Å². The van der Waals surface area contributed by atoms with Crippen LogP contribution in [0, 0.1) is 5.82 Å². The van der Waals surface area contributed by atoms with Gasteiger partial charge in [0.15, 0.2) is 0 Å². The van der Waals surface area contributed by atoms with E-state index in [9.17, 15) is 14.3 Å². The molecular weight excluding hydrogens is 330 g/mol. The normalized spacial score (nSPS) is 11.4. The summed E-state index contributed by atoms with van der Waals surface area (Å²) in [5.41, 5.74) is 2.99. The van der Waals surface area contributed by atoms with Crippen LogP contribution >= 0.6 is 23.2 Å². The second kappa shape index (κ2) is 6.77. The fraction of sp³-hybridized carbons (Fsp3) is 0.0667. The van der Waals surface area contributed by atoms with Gasteiger partial charge in [0.25, 0.3) is 5.91 Å². The second-order valence-corrected chi connectivity index (χ2v) is 5.19. The van der Waals surface area contributed by atoms with Gasteiger partial charge in [-0.15, -0.1) is 0 Å². The van der Waals surface area contributed by atoms with Gasteiger partial charge < -0.3 is 5.11 Å². The Morgan fingerprint density at radius 2 is 2.00 bits per heavy atom. The molecule has 0 radical (unpaired) electrons. The van der Waals surface area contributed by atoms with E-state index < -0.39 is 11.7 Å². The molecule has 114 valence electrons. The highest BCUT2D eigenvalue weighted by molar-refractivity contribution is 6.40. The predicted octanol–water partition coefficient (Wildman–Crippen LogP) is 3.99. The number of rotatable bonds is 3. The largest absolute Gasteiger partial charge is 0.508 e. The molecule has 2 aromatic rings. The first-order valence-electron chi connectivity index (χ1n) is 6.17. The summed E-state index contributed by atoms with van der Waals surface area (Å²) in [7, 11) is 0. The van der Waals surface area contributed by atoms with Crippen molar-refractivity contribution < 1.29 is 14.3 Å². The third kappa shape index (κ3) is 3.55. The van der Waals surface area contributed by atoms with Crippen LogP contribution in [0.2, 0.25) is 10.0 Å². The summed E-state index contributed by atoms with van der Waals surface area (Å²) in [4.78, 5) is 11.9. The molecule has 0 aromatic heterocycles. The van der Waals surface area contributed by atoms with Gasteiger partial charge in [-0.3, -0.25) is 4.79 Å². The number of carbonyl (C=O) groups excluding carboxylic acids is 1. The molecule has 0 aliphatic carbocycles. The second-order valence-electron chi connectivity index (χ2n) is 4.41. The molecule has 22 heavy (non-hydrogen) atoms. The number of hydrogen-bond acceptors (Lipinski definition) is 3. The summed E-state index contributed by atoms with van der Waals surface area (Å²) in [6.07, 6.45) is 0. The fourth-order valence-electron chi connectivity index (χ4n) is 1.76. The van der Waals surface area contributed by atoms with E-state index in [1.54, 1.807) is 0 Å². The topological polar surface area (TPSA) is 61.7 Å². The van der Waals surface area contributed by atoms with Crippen molar-refractivity contribution in [1.82, 2.24) is 5.43 Å². The zero-order valence-corrected chi connectivity index (χ0v) is 12.9. The van der Waals surface area contributed by atoms with Crippen molar-refractivity contribution in [3.8, 4) is 5.75 Å². The molecule has 1 amide bonds. The quantitative estimate of drug-likeness (QED) is 0.504. The molecule has 0 spiro atoms. The van der Waals surface area contributed by atoms with E-state index in [0.717, 1.165) is 6.07 Å². The Labute approximate surface area is 136 Å². The monoisotopic (exact) mass is 340 g/mol. The van der Waals surface area contributed by atoms with E-state index in [-0.39, 0.29) is 32.6 Å². The van der Waals surface area contributed by atoms with E-state index in [2.05, 4.69) is 10.5 Å². The van der Waals surface area contributed by atoms with Crippen LogP contribution < -0.4 is 5.43 Å². The van der Waals surface area contributed by atoms with Gasteiger partial charge in [-0.25, -0.2) is 9.82 Å². The number of nitrogens with zero attached hydrogens (tertiary/aromatic N) is 1. The molecule has 0 saturated heterocycles. The Kier molecular flexibility index (Phi) is 5.00. The molecule has 0 atom stereocenters. The average molecular weight is 341 g/mol. The zero-order chi connectivity index (χ0) is 16.3. The van der Waals surface area contributed by atoms with Gasteiger partial charge in [0, 0.05) is 11.1 Å². The third-order valence-corrected chi connectivity index (χ3v) is 3.52. The van der Waals surface area contributed by atoms with Crippen molar-refractivity contribution in [1.29, 1.82) is 0 Å². The maximum atomic E-state index is 13.5. The molecule has 0 aliphatic heterocycles. The summed E-state index contributed by atoms with van der Waals surface area (Å²) in [5, 5.41) is 13.2. The Balaban J connectivity index is 2.24. The third-order valence-electron chi connectivity index (χ3n) is 2.84. The van der Waals surface area contributed by atoms with E-state index in [1.807, 2.05) is 0 Å². The molecule has 0 saturated carbocycles. The number of amides is 1. The van der Waals surface area contributed by atoms with Gasteiger partial charge in [0.2, 0.25) is 0 Å². The number of carbonyl (C=O) groups is 1. The van der Waals surface area contributed by atoms with Crippen LogP contribution in [0.3, 0.4) is 0 Å². The highest BCUT2D eigenvalue weighted by Crippen LogP contribution is 2.27. The summed E-state index contributed by atoms with van der Waals surface area (Å²) in [6.45, 7) is 1.54. The number of phenols is 1. The Morgan fingerprint density at radius 3 is 2.68 bits per heavy atom. The lowest BCUT2D eigenvalue weighted by molar-refractivity contribution is 0.0954. The number of halogens is 3. The number of phenolic OH excluding ortho intramolecular Hbond substituents is 1. The minimum absolute atomic E-state index is 0.0374. The lowest BCUT2D eigenvalue weighted by Crippen LogP contribution is -2.19. The van der Waals surface area contributed by atoms with Crippen LogP contribution in [0.25, 0.3) is 0 Å². The zero-order valence-electron chi connectivity index (χ0n) is 11.4. The van der Waals surface area contributed by atoms with Crippen LogP contribution in [-0.4, -0.2) is 16.7 Å². The van der Waals surface area contributed by atoms with Gasteiger partial charge in [0.1, 0.15) is 11.6 Å². The molecule has 2 aromatic carbocycles. The molecule has 2 N–H and O–H groups in total. The number of hydrogen-bond donors (Lipinski definition) is 2. The van der Waals surface area contributed by atoms with Gasteiger partial charge in [-0.2, -0.15) is 5.10 Å². The summed E-state index contributed by atoms with van der Waals surface area (Å²) >= 11 is 11.8. The predicted molar refractivity (Wildman–Crippen MR) is 84.2 cm³/mol. The molecule has 0 unspecified atom stereocenters. The molecule has 7 heteroatoms. The van der Waals surface area contributed by atoms with E-state index in [1.165, 1.54) is 37.3 Å². The molecule has 0 aliphatic rings. The molecule has 0 fully saturated rings. The van der Waals surface area contributed by atoms with E-state index >= 15 is 0 Å². The molecule has 0 bridgehead atoms. The standard InChI is InChI=1S/C15H11Cl2FN2O2/c1-8(13-11(16)5-6-12(18)14(13)17)19-20-15(22)9-3-2-4-10(21)7-9/h2-7,21H,1H3,(H,20,22)/b19-8-. The smallest absolute Gasteiger partial charge is 0.271 e. The van der Waals surface area contributed by atoms with E-state index in [4.69, 9.17) is 23.2 Å². The maximum absolute atomic E-state index is 13.5. The summed E-state index contributed by atoms with van der Waals surface area (Å²) < 4.78 is 13.5. The summed E-state index contributed by atoms with van der Waals surface area (Å²) in [6, 6.07) is 8.28. The van der Waals surface area contributed by atoms with E-state index in [0.29, 0.717) is 0 Å². The number of hydrazone groups is 1. The Hall–Kier alpha value is -2.11. The number of nitrogens with one attached hydrogen (secondary N) is 1.